The molecule has 4 fully saturated rings. The van der Waals surface area contributed by atoms with Crippen LogP contribution < -0.4 is 15.8 Å². The van der Waals surface area contributed by atoms with Gasteiger partial charge < -0.3 is 15.2 Å². The Kier molecular flexibility index (Phi) is 5.74. The minimum Gasteiger partial charge on any atom is -0.365 e. The topological polar surface area (TPSA) is 98.6 Å². The van der Waals surface area contributed by atoms with Gasteiger partial charge >= 0.3 is 6.18 Å². The minimum atomic E-state index is -4.62. The number of pyridine rings is 1. The molecule has 2 bridgehead atoms. The standard InChI is InChI=1S/C25H27F4N7O2/c1-30-22(37)17-2-3-18(20(26)31-17)35-8-6-34(7-9-35)13-24-10-14(11-24)15(12-24)21-32-23(38)19-16(25(27,28)29)4-5-36(19)33-21/h2-5,14-15H,6-13H2,1H3,(H,30,37)(H,32,33,38). The van der Waals surface area contributed by atoms with Crippen LogP contribution >= 0.6 is 0 Å². The third kappa shape index (κ3) is 4.12. The lowest BCUT2D eigenvalue weighted by Gasteiger charge is -2.45. The summed E-state index contributed by atoms with van der Waals surface area (Å²) in [7, 11) is 1.47. The summed E-state index contributed by atoms with van der Waals surface area (Å²) in [5.41, 5.74) is -1.73. The molecule has 9 nitrogen and oxygen atoms in total. The predicted octanol–water partition coefficient (Wildman–Crippen LogP) is 2.64. The number of amides is 1. The van der Waals surface area contributed by atoms with Gasteiger partial charge in [-0.05, 0) is 48.8 Å². The van der Waals surface area contributed by atoms with Gasteiger partial charge in [0.05, 0.1) is 11.3 Å². The number of carbonyl (C=O) groups excluding carboxylic acids is 1. The number of fused-ring (bicyclic) bond motifs is 2. The highest BCUT2D eigenvalue weighted by atomic mass is 19.4. The van der Waals surface area contributed by atoms with Crippen LogP contribution in [0.3, 0.4) is 0 Å². The molecular formula is C25H27F4N7O2. The molecule has 38 heavy (non-hydrogen) atoms. The van der Waals surface area contributed by atoms with Gasteiger partial charge in [0.15, 0.2) is 0 Å². The van der Waals surface area contributed by atoms with Crippen LogP contribution in [0.5, 0.6) is 0 Å². The highest BCUT2D eigenvalue weighted by molar-refractivity contribution is 5.92. The van der Waals surface area contributed by atoms with E-state index in [0.29, 0.717) is 30.5 Å². The maximum absolute atomic E-state index is 14.6. The zero-order valence-corrected chi connectivity index (χ0v) is 20.7. The average molecular weight is 534 g/mol. The second-order valence-corrected chi connectivity index (χ2v) is 10.7. The Bertz CT molecular complexity index is 1450. The number of rotatable bonds is 5. The van der Waals surface area contributed by atoms with E-state index in [9.17, 15) is 27.2 Å². The van der Waals surface area contributed by atoms with E-state index in [-0.39, 0.29) is 17.0 Å². The van der Waals surface area contributed by atoms with Crippen molar-refractivity contribution in [1.82, 2.24) is 29.8 Å². The molecule has 3 saturated carbocycles. The Balaban J connectivity index is 1.10. The summed E-state index contributed by atoms with van der Waals surface area (Å²) in [6, 6.07) is 3.99. The van der Waals surface area contributed by atoms with E-state index in [1.165, 1.54) is 19.3 Å². The van der Waals surface area contributed by atoms with Crippen molar-refractivity contribution in [2.24, 2.45) is 11.3 Å². The van der Waals surface area contributed by atoms with E-state index in [2.05, 4.69) is 25.3 Å². The Morgan fingerprint density at radius 1 is 1.16 bits per heavy atom. The third-order valence-electron chi connectivity index (χ3n) is 8.37. The molecule has 202 valence electrons. The number of aromatic amines is 1. The van der Waals surface area contributed by atoms with Gasteiger partial charge in [-0.25, -0.2) is 9.50 Å². The van der Waals surface area contributed by atoms with E-state index in [1.54, 1.807) is 6.07 Å². The van der Waals surface area contributed by atoms with Crippen LogP contribution in [0.25, 0.3) is 5.52 Å². The molecule has 7 rings (SSSR count). The van der Waals surface area contributed by atoms with Gasteiger partial charge in [-0.3, -0.25) is 14.5 Å². The summed E-state index contributed by atoms with van der Waals surface area (Å²) in [6.07, 6.45) is -0.641. The number of hydrogen-bond acceptors (Lipinski definition) is 6. The van der Waals surface area contributed by atoms with Crippen LogP contribution in [0.1, 0.15) is 47.1 Å². The molecule has 3 aliphatic carbocycles. The SMILES string of the molecule is CNC(=O)c1ccc(N2CCN(CC34CC(C3)C(c3nn5ccc(C(F)(F)F)c5c(=O)[nH]3)C4)CC2)c(F)n1. The molecule has 0 radical (unpaired) electrons. The van der Waals surface area contributed by atoms with Crippen molar-refractivity contribution in [3.63, 3.8) is 0 Å². The predicted molar refractivity (Wildman–Crippen MR) is 130 cm³/mol. The van der Waals surface area contributed by atoms with Crippen LogP contribution in [-0.2, 0) is 6.18 Å². The van der Waals surface area contributed by atoms with E-state index in [1.807, 2.05) is 4.90 Å². The molecule has 4 heterocycles. The maximum atomic E-state index is 14.6. The monoisotopic (exact) mass is 533 g/mol. The lowest BCUT2D eigenvalue weighted by atomic mass is 9.69. The average Bonchev–Trinajstić information content (AvgIpc) is 3.55. The van der Waals surface area contributed by atoms with Crippen molar-refractivity contribution in [2.45, 2.75) is 31.4 Å². The summed E-state index contributed by atoms with van der Waals surface area (Å²) in [5, 5.41) is 6.79. The van der Waals surface area contributed by atoms with Crippen molar-refractivity contribution in [3.8, 4) is 0 Å². The van der Waals surface area contributed by atoms with Crippen LogP contribution in [0.2, 0.25) is 0 Å². The van der Waals surface area contributed by atoms with Crippen molar-refractivity contribution in [1.29, 1.82) is 0 Å². The first kappa shape index (κ1) is 24.8. The molecule has 1 unspecified atom stereocenters. The molecule has 1 amide bonds. The summed E-state index contributed by atoms with van der Waals surface area (Å²) >= 11 is 0. The summed E-state index contributed by atoms with van der Waals surface area (Å²) in [4.78, 5) is 35.0. The van der Waals surface area contributed by atoms with E-state index in [4.69, 9.17) is 0 Å². The molecule has 1 saturated heterocycles. The fraction of sp³-hybridized carbons (Fsp3) is 0.520. The van der Waals surface area contributed by atoms with Gasteiger partial charge in [0.1, 0.15) is 17.0 Å². The van der Waals surface area contributed by atoms with Crippen LogP contribution in [-0.4, -0.2) is 70.2 Å². The quantitative estimate of drug-likeness (QED) is 0.387. The van der Waals surface area contributed by atoms with Crippen LogP contribution in [0.4, 0.5) is 23.2 Å². The van der Waals surface area contributed by atoms with Gasteiger partial charge in [0.2, 0.25) is 5.95 Å². The number of aromatic nitrogens is 4. The number of hydrogen-bond donors (Lipinski definition) is 2. The van der Waals surface area contributed by atoms with E-state index in [0.717, 1.165) is 49.5 Å². The molecule has 0 aromatic carbocycles. The fourth-order valence-electron chi connectivity index (χ4n) is 6.63. The molecule has 3 aromatic rings. The lowest BCUT2D eigenvalue weighted by molar-refractivity contribution is -0.136. The second-order valence-electron chi connectivity index (χ2n) is 10.7. The number of anilines is 1. The van der Waals surface area contributed by atoms with Gasteiger partial charge in [0, 0.05) is 51.9 Å². The normalized spacial score (nSPS) is 25.6. The number of halogens is 4. The molecule has 2 N–H and O–H groups in total. The highest BCUT2D eigenvalue weighted by Crippen LogP contribution is 2.64. The first-order chi connectivity index (χ1) is 18.1. The molecule has 3 aromatic heterocycles. The van der Waals surface area contributed by atoms with Crippen molar-refractivity contribution < 1.29 is 22.4 Å². The van der Waals surface area contributed by atoms with Gasteiger partial charge in [-0.2, -0.15) is 22.7 Å². The zero-order chi connectivity index (χ0) is 26.8. The van der Waals surface area contributed by atoms with Crippen LogP contribution in [0.15, 0.2) is 29.2 Å². The Labute approximate surface area is 214 Å². The zero-order valence-electron chi connectivity index (χ0n) is 20.7. The number of nitrogens with zero attached hydrogens (tertiary/aromatic N) is 5. The number of H-pyrrole nitrogens is 1. The highest BCUT2D eigenvalue weighted by Gasteiger charge is 2.57. The number of nitrogens with one attached hydrogen (secondary N) is 2. The Morgan fingerprint density at radius 2 is 1.89 bits per heavy atom. The minimum absolute atomic E-state index is 0.00383. The third-order valence-corrected chi connectivity index (χ3v) is 8.37. The number of alkyl halides is 3. The fourth-order valence-corrected chi connectivity index (χ4v) is 6.63. The second kappa shape index (κ2) is 8.79. The molecule has 0 spiro atoms. The first-order valence-corrected chi connectivity index (χ1v) is 12.6. The maximum Gasteiger partial charge on any atom is 0.418 e. The summed E-state index contributed by atoms with van der Waals surface area (Å²) in [6.45, 7) is 3.62. The lowest BCUT2D eigenvalue weighted by Crippen LogP contribution is -2.51. The number of piperazine rings is 1. The summed E-state index contributed by atoms with van der Waals surface area (Å²) < 4.78 is 55.3. The molecule has 4 aliphatic rings. The van der Waals surface area contributed by atoms with Gasteiger partial charge in [-0.1, -0.05) is 0 Å². The first-order valence-electron chi connectivity index (χ1n) is 12.6. The van der Waals surface area contributed by atoms with Crippen molar-refractivity contribution >= 4 is 17.1 Å². The molecule has 13 heteroatoms. The van der Waals surface area contributed by atoms with Crippen molar-refractivity contribution in [3.05, 3.63) is 57.8 Å². The largest absolute Gasteiger partial charge is 0.418 e. The Hall–Kier alpha value is -3.48. The molecule has 1 aliphatic heterocycles. The molecular weight excluding hydrogens is 506 g/mol. The smallest absolute Gasteiger partial charge is 0.365 e. The van der Waals surface area contributed by atoms with Gasteiger partial charge in [-0.15, -0.1) is 0 Å². The van der Waals surface area contributed by atoms with Crippen LogP contribution in [0, 0.1) is 17.3 Å². The Morgan fingerprint density at radius 3 is 2.55 bits per heavy atom. The molecule has 1 atom stereocenters. The van der Waals surface area contributed by atoms with E-state index < -0.39 is 34.7 Å². The number of carbonyl (C=O) groups is 1. The van der Waals surface area contributed by atoms with Crippen molar-refractivity contribution in [2.75, 3.05) is 44.7 Å². The summed E-state index contributed by atoms with van der Waals surface area (Å²) in [5.74, 6) is -0.309. The van der Waals surface area contributed by atoms with E-state index >= 15 is 0 Å². The van der Waals surface area contributed by atoms with Gasteiger partial charge in [0.25, 0.3) is 11.5 Å².